The maximum atomic E-state index is 11.9. The monoisotopic (exact) mass is 411 g/mol. The van der Waals surface area contributed by atoms with Gasteiger partial charge in [-0.3, -0.25) is 0 Å². The number of benzene rings is 1. The van der Waals surface area contributed by atoms with Crippen LogP contribution < -0.4 is 4.74 Å². The number of rotatable bonds is 6. The van der Waals surface area contributed by atoms with Crippen molar-refractivity contribution in [3.05, 3.63) is 50.6 Å². The van der Waals surface area contributed by atoms with Gasteiger partial charge in [-0.2, -0.15) is 0 Å². The van der Waals surface area contributed by atoms with Gasteiger partial charge in [0, 0.05) is 5.56 Å². The SMILES string of the molecule is CCOC(=O)C(C)(C)Oc1ccc(/C(=N\O)c2cccs2)cc1Br. The zero-order valence-electron chi connectivity index (χ0n) is 13.6. The molecular weight excluding hydrogens is 394 g/mol. The van der Waals surface area contributed by atoms with Crippen molar-refractivity contribution in [3.8, 4) is 5.75 Å². The standard InChI is InChI=1S/C17H18BrNO4S/c1-4-22-16(20)17(2,3)23-13-8-7-11(10-12(13)18)15(19-21)14-6-5-9-24-14/h5-10,21H,4H2,1-3H3/b19-15+. The molecule has 0 fully saturated rings. The van der Waals surface area contributed by atoms with Crippen molar-refractivity contribution in [2.45, 2.75) is 26.4 Å². The van der Waals surface area contributed by atoms with Crippen LogP contribution >= 0.6 is 27.3 Å². The predicted octanol–water partition coefficient (Wildman–Crippen LogP) is 4.46. The average Bonchev–Trinajstić information content (AvgIpc) is 3.05. The van der Waals surface area contributed by atoms with Gasteiger partial charge in [0.1, 0.15) is 11.5 Å². The number of hydrogen-bond donors (Lipinski definition) is 1. The molecule has 24 heavy (non-hydrogen) atoms. The maximum Gasteiger partial charge on any atom is 0.349 e. The Morgan fingerprint density at radius 1 is 1.38 bits per heavy atom. The number of ether oxygens (including phenoxy) is 2. The highest BCUT2D eigenvalue weighted by Gasteiger charge is 2.32. The van der Waals surface area contributed by atoms with Gasteiger partial charge in [0.25, 0.3) is 0 Å². The number of esters is 1. The molecule has 0 saturated heterocycles. The third-order valence-electron chi connectivity index (χ3n) is 3.19. The molecule has 0 aliphatic rings. The Labute approximate surface area is 153 Å². The molecule has 7 heteroatoms. The first-order valence-corrected chi connectivity index (χ1v) is 8.98. The highest BCUT2D eigenvalue weighted by molar-refractivity contribution is 9.10. The van der Waals surface area contributed by atoms with Crippen molar-refractivity contribution >= 4 is 38.9 Å². The molecule has 0 aliphatic heterocycles. The average molecular weight is 412 g/mol. The fourth-order valence-electron chi connectivity index (χ4n) is 2.01. The van der Waals surface area contributed by atoms with E-state index in [-0.39, 0.29) is 0 Å². The van der Waals surface area contributed by atoms with E-state index in [1.165, 1.54) is 11.3 Å². The number of oxime groups is 1. The molecule has 1 heterocycles. The number of nitrogens with zero attached hydrogens (tertiary/aromatic N) is 1. The molecule has 0 radical (unpaired) electrons. The summed E-state index contributed by atoms with van der Waals surface area (Å²) in [7, 11) is 0. The summed E-state index contributed by atoms with van der Waals surface area (Å²) in [4.78, 5) is 12.8. The molecule has 1 aromatic heterocycles. The normalized spacial score (nSPS) is 12.1. The van der Waals surface area contributed by atoms with E-state index in [1.54, 1.807) is 39.0 Å². The predicted molar refractivity (Wildman–Crippen MR) is 97.2 cm³/mol. The molecular formula is C17H18BrNO4S. The lowest BCUT2D eigenvalue weighted by atomic mass is 10.1. The van der Waals surface area contributed by atoms with E-state index in [9.17, 15) is 10.0 Å². The summed E-state index contributed by atoms with van der Waals surface area (Å²) in [5.41, 5.74) is 0.0943. The molecule has 128 valence electrons. The van der Waals surface area contributed by atoms with Gasteiger partial charge < -0.3 is 14.7 Å². The van der Waals surface area contributed by atoms with Crippen molar-refractivity contribution in [1.82, 2.24) is 0 Å². The van der Waals surface area contributed by atoms with Gasteiger partial charge in [-0.05, 0) is 66.3 Å². The van der Waals surface area contributed by atoms with Crippen molar-refractivity contribution in [2.24, 2.45) is 5.16 Å². The summed E-state index contributed by atoms with van der Waals surface area (Å²) >= 11 is 4.92. The van der Waals surface area contributed by atoms with Crippen LogP contribution in [0.2, 0.25) is 0 Å². The number of halogens is 1. The highest BCUT2D eigenvalue weighted by Crippen LogP contribution is 2.31. The molecule has 1 aromatic carbocycles. The van der Waals surface area contributed by atoms with E-state index in [4.69, 9.17) is 9.47 Å². The van der Waals surface area contributed by atoms with Gasteiger partial charge in [0.05, 0.1) is 16.0 Å². The lowest BCUT2D eigenvalue weighted by molar-refractivity contribution is -0.158. The van der Waals surface area contributed by atoms with Crippen LogP contribution in [0.15, 0.2) is 45.3 Å². The van der Waals surface area contributed by atoms with Crippen LogP contribution in [0.1, 0.15) is 31.2 Å². The van der Waals surface area contributed by atoms with Crippen LogP contribution in [-0.2, 0) is 9.53 Å². The van der Waals surface area contributed by atoms with Gasteiger partial charge in [-0.15, -0.1) is 11.3 Å². The van der Waals surface area contributed by atoms with Crippen molar-refractivity contribution in [1.29, 1.82) is 0 Å². The number of hydrogen-bond acceptors (Lipinski definition) is 6. The zero-order chi connectivity index (χ0) is 17.7. The summed E-state index contributed by atoms with van der Waals surface area (Å²) < 4.78 is 11.5. The molecule has 0 saturated carbocycles. The van der Waals surface area contributed by atoms with Gasteiger partial charge in [-0.1, -0.05) is 11.2 Å². The summed E-state index contributed by atoms with van der Waals surface area (Å²) in [5.74, 6) is 0.0671. The molecule has 0 bridgehead atoms. The molecule has 0 atom stereocenters. The van der Waals surface area contributed by atoms with Crippen LogP contribution in [0.25, 0.3) is 0 Å². The lowest BCUT2D eigenvalue weighted by Crippen LogP contribution is -2.39. The second-order valence-electron chi connectivity index (χ2n) is 5.40. The van der Waals surface area contributed by atoms with Gasteiger partial charge in [0.15, 0.2) is 5.60 Å². The summed E-state index contributed by atoms with van der Waals surface area (Å²) in [6, 6.07) is 9.04. The van der Waals surface area contributed by atoms with Crippen LogP contribution in [0.4, 0.5) is 0 Å². The second kappa shape index (κ2) is 7.81. The number of carbonyl (C=O) groups excluding carboxylic acids is 1. The zero-order valence-corrected chi connectivity index (χ0v) is 16.0. The number of carbonyl (C=O) groups is 1. The molecule has 0 aliphatic carbocycles. The molecule has 1 N–H and O–H groups in total. The lowest BCUT2D eigenvalue weighted by Gasteiger charge is -2.24. The van der Waals surface area contributed by atoms with Gasteiger partial charge in [0.2, 0.25) is 0 Å². The Morgan fingerprint density at radius 3 is 2.67 bits per heavy atom. The fourth-order valence-corrected chi connectivity index (χ4v) is 3.21. The Morgan fingerprint density at radius 2 is 2.12 bits per heavy atom. The third kappa shape index (κ3) is 4.15. The topological polar surface area (TPSA) is 68.1 Å². The van der Waals surface area contributed by atoms with E-state index < -0.39 is 11.6 Å². The first-order valence-electron chi connectivity index (χ1n) is 7.31. The van der Waals surface area contributed by atoms with Crippen LogP contribution in [0, 0.1) is 0 Å². The molecule has 0 amide bonds. The van der Waals surface area contributed by atoms with Gasteiger partial charge >= 0.3 is 5.97 Å². The van der Waals surface area contributed by atoms with Crippen molar-refractivity contribution in [2.75, 3.05) is 6.61 Å². The Kier molecular flexibility index (Phi) is 6.01. The van der Waals surface area contributed by atoms with Crippen molar-refractivity contribution in [3.63, 3.8) is 0 Å². The van der Waals surface area contributed by atoms with Gasteiger partial charge in [-0.25, -0.2) is 4.79 Å². The van der Waals surface area contributed by atoms with E-state index in [1.807, 2.05) is 17.5 Å². The van der Waals surface area contributed by atoms with Crippen LogP contribution in [0.3, 0.4) is 0 Å². The van der Waals surface area contributed by atoms with Crippen molar-refractivity contribution < 1.29 is 19.5 Å². The minimum absolute atomic E-state index is 0.295. The van der Waals surface area contributed by atoms with E-state index >= 15 is 0 Å². The maximum absolute atomic E-state index is 11.9. The molecule has 2 rings (SSSR count). The second-order valence-corrected chi connectivity index (χ2v) is 7.21. The highest BCUT2D eigenvalue weighted by atomic mass is 79.9. The van der Waals surface area contributed by atoms with E-state index in [0.717, 1.165) is 10.4 Å². The van der Waals surface area contributed by atoms with Crippen LogP contribution in [-0.4, -0.2) is 29.1 Å². The largest absolute Gasteiger partial charge is 0.475 e. The first kappa shape index (κ1) is 18.5. The number of thiophene rings is 1. The molecule has 5 nitrogen and oxygen atoms in total. The summed E-state index contributed by atoms with van der Waals surface area (Å²) in [6.07, 6.45) is 0. The third-order valence-corrected chi connectivity index (χ3v) is 4.69. The molecule has 0 spiro atoms. The van der Waals surface area contributed by atoms with Crippen LogP contribution in [0.5, 0.6) is 5.75 Å². The van der Waals surface area contributed by atoms with E-state index in [2.05, 4.69) is 21.1 Å². The quantitative estimate of drug-likeness (QED) is 0.329. The van der Waals surface area contributed by atoms with E-state index in [0.29, 0.717) is 22.5 Å². The minimum Gasteiger partial charge on any atom is -0.475 e. The summed E-state index contributed by atoms with van der Waals surface area (Å²) in [6.45, 7) is 5.34. The molecule has 2 aromatic rings. The minimum atomic E-state index is -1.11. The Bertz CT molecular complexity index is 741. The first-order chi connectivity index (χ1) is 11.4. The molecule has 0 unspecified atom stereocenters. The summed E-state index contributed by atoms with van der Waals surface area (Å²) in [5, 5.41) is 14.6. The Hall–Kier alpha value is -1.86. The Balaban J connectivity index is 2.26. The smallest absolute Gasteiger partial charge is 0.349 e. The fraction of sp³-hybridized carbons (Fsp3) is 0.294.